The zero-order chi connectivity index (χ0) is 12.3. The van der Waals surface area contributed by atoms with Gasteiger partial charge in [0.2, 0.25) is 15.6 Å². The Morgan fingerprint density at radius 3 is 2.56 bits per heavy atom. The van der Waals surface area contributed by atoms with Crippen LogP contribution in [0.4, 0.5) is 0 Å². The molecular formula is C9H14N2O4S. The molecule has 1 aromatic rings. The molecule has 0 bridgehead atoms. The van der Waals surface area contributed by atoms with E-state index in [4.69, 9.17) is 5.11 Å². The van der Waals surface area contributed by atoms with Crippen LogP contribution in [-0.2, 0) is 10.0 Å². The van der Waals surface area contributed by atoms with Crippen LogP contribution in [0.15, 0.2) is 28.0 Å². The number of rotatable bonds is 4. The third kappa shape index (κ3) is 2.49. The normalized spacial score (nSPS) is 14.0. The van der Waals surface area contributed by atoms with Gasteiger partial charge < -0.3 is 10.1 Å². The molecule has 0 spiro atoms. The summed E-state index contributed by atoms with van der Waals surface area (Å²) in [5, 5.41) is 8.90. The number of hydrogen-bond acceptors (Lipinski definition) is 4. The number of nitrogens with zero attached hydrogens (tertiary/aromatic N) is 1. The molecule has 7 heteroatoms. The lowest BCUT2D eigenvalue weighted by atomic mass is 10.4. The van der Waals surface area contributed by atoms with Crippen molar-refractivity contribution in [2.45, 2.75) is 17.9 Å². The van der Waals surface area contributed by atoms with Crippen LogP contribution >= 0.6 is 0 Å². The van der Waals surface area contributed by atoms with Gasteiger partial charge in [-0.1, -0.05) is 0 Å². The molecule has 0 aliphatic carbocycles. The zero-order valence-corrected chi connectivity index (χ0v) is 9.86. The summed E-state index contributed by atoms with van der Waals surface area (Å²) in [6, 6.07) is 1.86. The molecule has 1 heterocycles. The highest BCUT2D eigenvalue weighted by Gasteiger charge is 2.24. The number of sulfonamides is 1. The van der Waals surface area contributed by atoms with E-state index in [0.29, 0.717) is 0 Å². The maximum atomic E-state index is 11.9. The molecule has 90 valence electrons. The molecule has 1 unspecified atom stereocenters. The summed E-state index contributed by atoms with van der Waals surface area (Å²) >= 11 is 0. The SMILES string of the molecule is CC(CO)N(C)S(=O)(=O)c1ccc(=O)[nH]c1. The average molecular weight is 246 g/mol. The van der Waals surface area contributed by atoms with Gasteiger partial charge >= 0.3 is 0 Å². The minimum atomic E-state index is -3.66. The average Bonchev–Trinajstić information content (AvgIpc) is 2.27. The summed E-state index contributed by atoms with van der Waals surface area (Å²) in [4.78, 5) is 13.1. The number of aromatic amines is 1. The van der Waals surface area contributed by atoms with Crippen molar-refractivity contribution in [3.05, 3.63) is 28.7 Å². The quantitative estimate of drug-likeness (QED) is 0.740. The highest BCUT2D eigenvalue weighted by Crippen LogP contribution is 2.13. The van der Waals surface area contributed by atoms with Gasteiger partial charge in [-0.25, -0.2) is 8.42 Å². The number of hydrogen-bond donors (Lipinski definition) is 2. The fraction of sp³-hybridized carbons (Fsp3) is 0.444. The van der Waals surface area contributed by atoms with Crippen LogP contribution in [0, 0.1) is 0 Å². The predicted octanol–water partition coefficient (Wildman–Crippen LogP) is -0.624. The van der Waals surface area contributed by atoms with Crippen molar-refractivity contribution < 1.29 is 13.5 Å². The Kier molecular flexibility index (Phi) is 3.84. The van der Waals surface area contributed by atoms with Crippen LogP contribution < -0.4 is 5.56 Å². The van der Waals surface area contributed by atoms with Crippen molar-refractivity contribution in [3.8, 4) is 0 Å². The molecule has 1 aromatic heterocycles. The molecule has 0 amide bonds. The second kappa shape index (κ2) is 4.77. The van der Waals surface area contributed by atoms with Crippen LogP contribution in [0.3, 0.4) is 0 Å². The predicted molar refractivity (Wildman–Crippen MR) is 58.6 cm³/mol. The van der Waals surface area contributed by atoms with Gasteiger partial charge in [0.05, 0.1) is 11.5 Å². The van der Waals surface area contributed by atoms with E-state index in [1.54, 1.807) is 6.92 Å². The Hall–Kier alpha value is -1.18. The highest BCUT2D eigenvalue weighted by molar-refractivity contribution is 7.89. The first kappa shape index (κ1) is 12.9. The van der Waals surface area contributed by atoms with E-state index >= 15 is 0 Å². The largest absolute Gasteiger partial charge is 0.395 e. The molecule has 0 fully saturated rings. The second-order valence-electron chi connectivity index (χ2n) is 3.44. The Bertz CT molecular complexity index is 488. The van der Waals surface area contributed by atoms with Crippen molar-refractivity contribution in [2.24, 2.45) is 0 Å². The van der Waals surface area contributed by atoms with Gasteiger partial charge in [-0.3, -0.25) is 4.79 Å². The lowest BCUT2D eigenvalue weighted by Crippen LogP contribution is -2.37. The summed E-state index contributed by atoms with van der Waals surface area (Å²) in [7, 11) is -2.29. The number of nitrogens with one attached hydrogen (secondary N) is 1. The Balaban J connectivity index is 3.11. The lowest BCUT2D eigenvalue weighted by molar-refractivity contribution is 0.214. The topological polar surface area (TPSA) is 90.5 Å². The lowest BCUT2D eigenvalue weighted by Gasteiger charge is -2.22. The molecule has 0 saturated carbocycles. The number of aliphatic hydroxyl groups is 1. The zero-order valence-electron chi connectivity index (χ0n) is 9.04. The molecule has 0 aromatic carbocycles. The molecule has 6 nitrogen and oxygen atoms in total. The van der Waals surface area contributed by atoms with Gasteiger partial charge in [0.15, 0.2) is 0 Å². The van der Waals surface area contributed by atoms with Crippen LogP contribution in [0.5, 0.6) is 0 Å². The Morgan fingerprint density at radius 2 is 2.12 bits per heavy atom. The third-order valence-corrected chi connectivity index (χ3v) is 4.29. The Morgan fingerprint density at radius 1 is 1.50 bits per heavy atom. The van der Waals surface area contributed by atoms with Gasteiger partial charge in [-0.15, -0.1) is 0 Å². The van der Waals surface area contributed by atoms with E-state index in [1.165, 1.54) is 13.1 Å². The fourth-order valence-electron chi connectivity index (χ4n) is 1.07. The summed E-state index contributed by atoms with van der Waals surface area (Å²) in [6.45, 7) is 1.32. The summed E-state index contributed by atoms with van der Waals surface area (Å²) in [6.07, 6.45) is 1.14. The van der Waals surface area contributed by atoms with Crippen LogP contribution in [0.2, 0.25) is 0 Å². The van der Waals surface area contributed by atoms with Crippen LogP contribution in [0.25, 0.3) is 0 Å². The van der Waals surface area contributed by atoms with Crippen LogP contribution in [-0.4, -0.2) is 42.5 Å². The first-order chi connectivity index (χ1) is 7.39. The molecule has 16 heavy (non-hydrogen) atoms. The van der Waals surface area contributed by atoms with Crippen molar-refractivity contribution in [1.29, 1.82) is 0 Å². The highest BCUT2D eigenvalue weighted by atomic mass is 32.2. The van der Waals surface area contributed by atoms with Gasteiger partial charge in [-0.2, -0.15) is 4.31 Å². The summed E-state index contributed by atoms with van der Waals surface area (Å²) in [5.41, 5.74) is -0.364. The molecule has 0 aliphatic rings. The van der Waals surface area contributed by atoms with E-state index < -0.39 is 16.1 Å². The van der Waals surface area contributed by atoms with E-state index in [2.05, 4.69) is 4.98 Å². The van der Waals surface area contributed by atoms with Crippen LogP contribution in [0.1, 0.15) is 6.92 Å². The summed E-state index contributed by atoms with van der Waals surface area (Å²) < 4.78 is 24.9. The standard InChI is InChI=1S/C9H14N2O4S/c1-7(6-12)11(2)16(14,15)8-3-4-9(13)10-5-8/h3-5,7,12H,6H2,1-2H3,(H,10,13). The first-order valence-corrected chi connectivity index (χ1v) is 6.11. The van der Waals surface area contributed by atoms with E-state index in [1.807, 2.05) is 0 Å². The van der Waals surface area contributed by atoms with Crippen molar-refractivity contribution in [3.63, 3.8) is 0 Å². The number of aromatic nitrogens is 1. The van der Waals surface area contributed by atoms with Crippen molar-refractivity contribution >= 4 is 10.0 Å². The molecule has 0 saturated heterocycles. The molecular weight excluding hydrogens is 232 g/mol. The van der Waals surface area contributed by atoms with E-state index in [9.17, 15) is 13.2 Å². The van der Waals surface area contributed by atoms with Crippen molar-refractivity contribution in [2.75, 3.05) is 13.7 Å². The van der Waals surface area contributed by atoms with Crippen molar-refractivity contribution in [1.82, 2.24) is 9.29 Å². The molecule has 0 radical (unpaired) electrons. The number of pyridine rings is 1. The second-order valence-corrected chi connectivity index (χ2v) is 5.44. The number of H-pyrrole nitrogens is 1. The maximum absolute atomic E-state index is 11.9. The fourth-order valence-corrected chi connectivity index (χ4v) is 2.40. The molecule has 2 N–H and O–H groups in total. The number of likely N-dealkylation sites (N-methyl/N-ethyl adjacent to an activating group) is 1. The smallest absolute Gasteiger partial charge is 0.247 e. The third-order valence-electron chi connectivity index (χ3n) is 2.32. The minimum Gasteiger partial charge on any atom is -0.395 e. The monoisotopic (exact) mass is 246 g/mol. The first-order valence-electron chi connectivity index (χ1n) is 4.67. The minimum absolute atomic E-state index is 0.00472. The van der Waals surface area contributed by atoms with E-state index in [0.717, 1.165) is 16.6 Å². The maximum Gasteiger partial charge on any atom is 0.247 e. The molecule has 1 rings (SSSR count). The number of aliphatic hydroxyl groups excluding tert-OH is 1. The molecule has 0 aliphatic heterocycles. The van der Waals surface area contributed by atoms with Gasteiger partial charge in [-0.05, 0) is 13.0 Å². The van der Waals surface area contributed by atoms with E-state index in [-0.39, 0.29) is 17.1 Å². The summed E-state index contributed by atoms with van der Waals surface area (Å²) in [5.74, 6) is 0. The van der Waals surface area contributed by atoms with Gasteiger partial charge in [0.1, 0.15) is 0 Å². The Labute approximate surface area is 93.6 Å². The van der Waals surface area contributed by atoms with Gasteiger partial charge in [0, 0.05) is 25.4 Å². The van der Waals surface area contributed by atoms with Gasteiger partial charge in [0.25, 0.3) is 0 Å². The molecule has 1 atom stereocenters.